The van der Waals surface area contributed by atoms with Crippen LogP contribution in [0.3, 0.4) is 0 Å². The first-order chi connectivity index (χ1) is 10.9. The van der Waals surface area contributed by atoms with Crippen LogP contribution in [0.4, 0.5) is 5.69 Å². The molecule has 0 unspecified atom stereocenters. The van der Waals surface area contributed by atoms with Crippen LogP contribution in [-0.2, 0) is 6.42 Å². The molecule has 0 saturated heterocycles. The SMILES string of the molecule is NCCCCNc1ccc(OCCCc2ccccc2)cc1. The van der Waals surface area contributed by atoms with Gasteiger partial charge in [-0.3, -0.25) is 0 Å². The Kier molecular flexibility index (Phi) is 7.33. The van der Waals surface area contributed by atoms with Gasteiger partial charge in [0, 0.05) is 12.2 Å². The normalized spacial score (nSPS) is 10.4. The topological polar surface area (TPSA) is 47.3 Å². The van der Waals surface area contributed by atoms with Gasteiger partial charge in [-0.05, 0) is 62.1 Å². The summed E-state index contributed by atoms with van der Waals surface area (Å²) >= 11 is 0. The minimum atomic E-state index is 0.748. The molecular formula is C19H26N2O. The van der Waals surface area contributed by atoms with Gasteiger partial charge in [-0.1, -0.05) is 30.3 Å². The smallest absolute Gasteiger partial charge is 0.119 e. The first-order valence-corrected chi connectivity index (χ1v) is 8.09. The minimum Gasteiger partial charge on any atom is -0.494 e. The van der Waals surface area contributed by atoms with E-state index in [-0.39, 0.29) is 0 Å². The lowest BCUT2D eigenvalue weighted by atomic mass is 10.1. The molecular weight excluding hydrogens is 272 g/mol. The second kappa shape index (κ2) is 9.85. The molecule has 2 aromatic rings. The zero-order chi connectivity index (χ0) is 15.5. The van der Waals surface area contributed by atoms with Crippen LogP contribution in [0, 0.1) is 0 Å². The Balaban J connectivity index is 1.63. The van der Waals surface area contributed by atoms with Crippen molar-refractivity contribution in [2.75, 3.05) is 25.0 Å². The fraction of sp³-hybridized carbons (Fsp3) is 0.368. The number of hydrogen-bond acceptors (Lipinski definition) is 3. The van der Waals surface area contributed by atoms with Gasteiger partial charge in [0.05, 0.1) is 6.61 Å². The van der Waals surface area contributed by atoms with Crippen LogP contribution in [0.15, 0.2) is 54.6 Å². The molecule has 0 spiro atoms. The minimum absolute atomic E-state index is 0.748. The summed E-state index contributed by atoms with van der Waals surface area (Å²) in [6.07, 6.45) is 4.26. The van der Waals surface area contributed by atoms with Gasteiger partial charge < -0.3 is 15.8 Å². The maximum absolute atomic E-state index is 5.78. The molecule has 0 aliphatic carbocycles. The molecule has 0 atom stereocenters. The summed E-state index contributed by atoms with van der Waals surface area (Å²) in [6.45, 7) is 2.48. The van der Waals surface area contributed by atoms with Gasteiger partial charge in [-0.25, -0.2) is 0 Å². The van der Waals surface area contributed by atoms with Crippen LogP contribution in [0.2, 0.25) is 0 Å². The molecule has 3 heteroatoms. The van der Waals surface area contributed by atoms with E-state index < -0.39 is 0 Å². The lowest BCUT2D eigenvalue weighted by Crippen LogP contribution is -2.05. The van der Waals surface area contributed by atoms with Gasteiger partial charge in [-0.2, -0.15) is 0 Å². The molecule has 0 amide bonds. The van der Waals surface area contributed by atoms with Crippen molar-refractivity contribution in [3.05, 3.63) is 60.2 Å². The second-order valence-corrected chi connectivity index (χ2v) is 5.38. The monoisotopic (exact) mass is 298 g/mol. The summed E-state index contributed by atoms with van der Waals surface area (Å²) in [5.41, 5.74) is 7.98. The number of aryl methyl sites for hydroxylation is 1. The Morgan fingerprint density at radius 3 is 2.36 bits per heavy atom. The summed E-state index contributed by atoms with van der Waals surface area (Å²) in [4.78, 5) is 0. The standard InChI is InChI=1S/C19H26N2O/c20-14-4-5-15-21-18-10-12-19(13-11-18)22-16-6-9-17-7-2-1-3-8-17/h1-3,7-8,10-13,21H,4-6,9,14-16,20H2. The molecule has 3 nitrogen and oxygen atoms in total. The second-order valence-electron chi connectivity index (χ2n) is 5.38. The molecule has 118 valence electrons. The molecule has 0 aliphatic heterocycles. The highest BCUT2D eigenvalue weighted by atomic mass is 16.5. The molecule has 22 heavy (non-hydrogen) atoms. The summed E-state index contributed by atoms with van der Waals surface area (Å²) in [5, 5.41) is 3.38. The third kappa shape index (κ3) is 6.19. The third-order valence-corrected chi connectivity index (χ3v) is 3.54. The lowest BCUT2D eigenvalue weighted by Gasteiger charge is -2.09. The fourth-order valence-corrected chi connectivity index (χ4v) is 2.28. The molecule has 2 aromatic carbocycles. The summed E-state index contributed by atoms with van der Waals surface area (Å²) < 4.78 is 5.78. The zero-order valence-electron chi connectivity index (χ0n) is 13.1. The van der Waals surface area contributed by atoms with Crippen molar-refractivity contribution in [3.8, 4) is 5.75 Å². The van der Waals surface area contributed by atoms with Crippen LogP contribution in [0.25, 0.3) is 0 Å². The first kappa shape index (κ1) is 16.4. The van der Waals surface area contributed by atoms with Crippen LogP contribution in [-0.4, -0.2) is 19.7 Å². The number of ether oxygens (including phenoxy) is 1. The number of anilines is 1. The van der Waals surface area contributed by atoms with E-state index in [2.05, 4.69) is 41.7 Å². The van der Waals surface area contributed by atoms with E-state index in [1.54, 1.807) is 0 Å². The van der Waals surface area contributed by atoms with Crippen molar-refractivity contribution in [3.63, 3.8) is 0 Å². The van der Waals surface area contributed by atoms with E-state index >= 15 is 0 Å². The van der Waals surface area contributed by atoms with Crippen molar-refractivity contribution in [1.29, 1.82) is 0 Å². The molecule has 3 N–H and O–H groups in total. The van der Waals surface area contributed by atoms with Crippen molar-refractivity contribution < 1.29 is 4.74 Å². The number of nitrogens with two attached hydrogens (primary N) is 1. The van der Waals surface area contributed by atoms with Crippen molar-refractivity contribution in [1.82, 2.24) is 0 Å². The van der Waals surface area contributed by atoms with Gasteiger partial charge in [0.15, 0.2) is 0 Å². The summed E-state index contributed by atoms with van der Waals surface area (Å²) in [6, 6.07) is 18.7. The number of nitrogens with one attached hydrogen (secondary N) is 1. The number of hydrogen-bond donors (Lipinski definition) is 2. The van der Waals surface area contributed by atoms with E-state index in [4.69, 9.17) is 10.5 Å². The fourth-order valence-electron chi connectivity index (χ4n) is 2.28. The molecule has 2 rings (SSSR count). The van der Waals surface area contributed by atoms with Crippen molar-refractivity contribution >= 4 is 5.69 Å². The van der Waals surface area contributed by atoms with Crippen molar-refractivity contribution in [2.45, 2.75) is 25.7 Å². The number of rotatable bonds is 10. The van der Waals surface area contributed by atoms with Crippen LogP contribution in [0.5, 0.6) is 5.75 Å². The summed E-state index contributed by atoms with van der Waals surface area (Å²) in [7, 11) is 0. The van der Waals surface area contributed by atoms with Crippen LogP contribution >= 0.6 is 0 Å². The van der Waals surface area contributed by atoms with E-state index in [1.165, 1.54) is 5.56 Å². The average Bonchev–Trinajstić information content (AvgIpc) is 2.58. The van der Waals surface area contributed by atoms with Gasteiger partial charge in [-0.15, -0.1) is 0 Å². The third-order valence-electron chi connectivity index (χ3n) is 3.54. The maximum atomic E-state index is 5.78. The highest BCUT2D eigenvalue weighted by Gasteiger charge is 1.97. The average molecular weight is 298 g/mol. The number of unbranched alkanes of at least 4 members (excludes halogenated alkanes) is 1. The van der Waals surface area contributed by atoms with Gasteiger partial charge >= 0.3 is 0 Å². The molecule has 0 bridgehead atoms. The molecule has 0 aliphatic rings. The first-order valence-electron chi connectivity index (χ1n) is 8.09. The Hall–Kier alpha value is -2.00. The molecule has 0 aromatic heterocycles. The highest BCUT2D eigenvalue weighted by molar-refractivity contribution is 5.46. The van der Waals surface area contributed by atoms with E-state index in [0.717, 1.165) is 56.8 Å². The Morgan fingerprint density at radius 2 is 1.64 bits per heavy atom. The largest absolute Gasteiger partial charge is 0.494 e. The Bertz CT molecular complexity index is 511. The van der Waals surface area contributed by atoms with Crippen LogP contribution in [0.1, 0.15) is 24.8 Å². The molecule has 0 radical (unpaired) electrons. The predicted octanol–water partition coefficient (Wildman–Crippen LogP) is 3.85. The highest BCUT2D eigenvalue weighted by Crippen LogP contribution is 2.16. The van der Waals surface area contributed by atoms with Gasteiger partial charge in [0.1, 0.15) is 5.75 Å². The van der Waals surface area contributed by atoms with Crippen LogP contribution < -0.4 is 15.8 Å². The van der Waals surface area contributed by atoms with E-state index in [0.29, 0.717) is 0 Å². The molecule has 0 fully saturated rings. The van der Waals surface area contributed by atoms with Gasteiger partial charge in [0.25, 0.3) is 0 Å². The predicted molar refractivity (Wildman–Crippen MR) is 93.5 cm³/mol. The summed E-state index contributed by atoms with van der Waals surface area (Å²) in [5.74, 6) is 0.931. The Labute approximate surface area is 133 Å². The van der Waals surface area contributed by atoms with E-state index in [9.17, 15) is 0 Å². The quantitative estimate of drug-likeness (QED) is 0.655. The Morgan fingerprint density at radius 1 is 0.864 bits per heavy atom. The number of benzene rings is 2. The van der Waals surface area contributed by atoms with Gasteiger partial charge in [0.2, 0.25) is 0 Å². The molecule has 0 saturated carbocycles. The molecule has 0 heterocycles. The van der Waals surface area contributed by atoms with Crippen molar-refractivity contribution in [2.24, 2.45) is 5.73 Å². The van der Waals surface area contributed by atoms with E-state index in [1.807, 2.05) is 18.2 Å². The maximum Gasteiger partial charge on any atom is 0.119 e. The zero-order valence-corrected chi connectivity index (χ0v) is 13.1. The lowest BCUT2D eigenvalue weighted by molar-refractivity contribution is 0.311.